The van der Waals surface area contributed by atoms with Crippen molar-refractivity contribution in [1.29, 1.82) is 0 Å². The van der Waals surface area contributed by atoms with E-state index in [2.05, 4.69) is 19.0 Å². The maximum Gasteiger partial charge on any atom is 0.169 e. The second kappa shape index (κ2) is 2.42. The lowest BCUT2D eigenvalue weighted by atomic mass is 10.2. The van der Waals surface area contributed by atoms with E-state index in [1.165, 1.54) is 0 Å². The van der Waals surface area contributed by atoms with Gasteiger partial charge in [0.05, 0.1) is 0 Å². The van der Waals surface area contributed by atoms with E-state index < -0.39 is 0 Å². The molecule has 0 radical (unpaired) electrons. The average Bonchev–Trinajstić information content (AvgIpc) is 2.10. The standard InChI is InChI=1S/C5H9NOS2/c1-5(2)3-8-4(6-7)9-5/h7H,3H2,1-2H3. The summed E-state index contributed by atoms with van der Waals surface area (Å²) in [6, 6.07) is 0. The number of nitrogens with zero attached hydrogens (tertiary/aromatic N) is 1. The fourth-order valence-electron chi connectivity index (χ4n) is 0.580. The van der Waals surface area contributed by atoms with E-state index >= 15 is 0 Å². The summed E-state index contributed by atoms with van der Waals surface area (Å²) in [4.78, 5) is 0. The van der Waals surface area contributed by atoms with E-state index in [9.17, 15) is 0 Å². The first-order valence-electron chi connectivity index (χ1n) is 2.68. The predicted octanol–water partition coefficient (Wildman–Crippen LogP) is 1.99. The lowest BCUT2D eigenvalue weighted by molar-refractivity contribution is 0.322. The molecule has 0 bridgehead atoms. The maximum atomic E-state index is 8.34. The van der Waals surface area contributed by atoms with Gasteiger partial charge in [0.25, 0.3) is 0 Å². The first-order valence-corrected chi connectivity index (χ1v) is 4.48. The molecule has 2 nitrogen and oxygen atoms in total. The van der Waals surface area contributed by atoms with E-state index in [0.717, 1.165) is 10.1 Å². The topological polar surface area (TPSA) is 32.6 Å². The van der Waals surface area contributed by atoms with Gasteiger partial charge in [0.15, 0.2) is 4.38 Å². The number of thioether (sulfide) groups is 2. The zero-order valence-electron chi connectivity index (χ0n) is 5.42. The first kappa shape index (κ1) is 7.28. The van der Waals surface area contributed by atoms with E-state index in [1.54, 1.807) is 23.5 Å². The van der Waals surface area contributed by atoms with Crippen LogP contribution in [0, 0.1) is 0 Å². The molecule has 1 aliphatic rings. The molecule has 1 heterocycles. The molecule has 4 heteroatoms. The van der Waals surface area contributed by atoms with Crippen LogP contribution in [0.1, 0.15) is 13.8 Å². The van der Waals surface area contributed by atoms with E-state index in [4.69, 9.17) is 5.21 Å². The van der Waals surface area contributed by atoms with Crippen LogP contribution in [0.5, 0.6) is 0 Å². The van der Waals surface area contributed by atoms with Crippen molar-refractivity contribution in [1.82, 2.24) is 0 Å². The van der Waals surface area contributed by atoms with Crippen LogP contribution in [0.3, 0.4) is 0 Å². The van der Waals surface area contributed by atoms with Crippen LogP contribution in [-0.4, -0.2) is 20.1 Å². The van der Waals surface area contributed by atoms with E-state index in [-0.39, 0.29) is 4.75 Å². The largest absolute Gasteiger partial charge is 0.410 e. The van der Waals surface area contributed by atoms with E-state index in [0.29, 0.717) is 0 Å². The fourth-order valence-corrected chi connectivity index (χ4v) is 3.12. The van der Waals surface area contributed by atoms with Crippen LogP contribution in [0.15, 0.2) is 5.16 Å². The van der Waals surface area contributed by atoms with Gasteiger partial charge < -0.3 is 5.21 Å². The van der Waals surface area contributed by atoms with Crippen molar-refractivity contribution >= 4 is 27.9 Å². The molecule has 1 saturated heterocycles. The van der Waals surface area contributed by atoms with Gasteiger partial charge in [-0.2, -0.15) is 0 Å². The Morgan fingerprint density at radius 3 is 2.56 bits per heavy atom. The van der Waals surface area contributed by atoms with Crippen molar-refractivity contribution in [3.05, 3.63) is 0 Å². The summed E-state index contributed by atoms with van der Waals surface area (Å²) >= 11 is 3.24. The summed E-state index contributed by atoms with van der Waals surface area (Å²) < 4.78 is 1.05. The zero-order chi connectivity index (χ0) is 6.91. The van der Waals surface area contributed by atoms with Crippen LogP contribution in [0.4, 0.5) is 0 Å². The van der Waals surface area contributed by atoms with E-state index in [1.807, 2.05) is 0 Å². The van der Waals surface area contributed by atoms with Crippen molar-refractivity contribution in [2.24, 2.45) is 5.16 Å². The molecule has 0 saturated carbocycles. The molecule has 0 aromatic rings. The van der Waals surface area contributed by atoms with Gasteiger partial charge in [-0.25, -0.2) is 0 Å². The molecule has 1 aliphatic heterocycles. The molecule has 0 amide bonds. The minimum absolute atomic E-state index is 0.256. The molecule has 52 valence electrons. The van der Waals surface area contributed by atoms with Gasteiger partial charge in [0.1, 0.15) is 0 Å². The predicted molar refractivity (Wildman–Crippen MR) is 43.3 cm³/mol. The number of oxime groups is 1. The number of hydrogen-bond acceptors (Lipinski definition) is 4. The highest BCUT2D eigenvalue weighted by molar-refractivity contribution is 8.42. The monoisotopic (exact) mass is 163 g/mol. The van der Waals surface area contributed by atoms with Crippen molar-refractivity contribution < 1.29 is 5.21 Å². The molecular weight excluding hydrogens is 154 g/mol. The SMILES string of the molecule is CC1(C)CSC(=NO)S1. The van der Waals surface area contributed by atoms with Crippen LogP contribution in [0.25, 0.3) is 0 Å². The summed E-state index contributed by atoms with van der Waals surface area (Å²) in [5, 5.41) is 11.5. The quantitative estimate of drug-likeness (QED) is 0.438. The number of hydrogen-bond donors (Lipinski definition) is 1. The summed E-state index contributed by atoms with van der Waals surface area (Å²) in [7, 11) is 0. The Morgan fingerprint density at radius 2 is 2.33 bits per heavy atom. The summed E-state index contributed by atoms with van der Waals surface area (Å²) in [6.45, 7) is 4.28. The van der Waals surface area contributed by atoms with Crippen molar-refractivity contribution in [2.75, 3.05) is 5.75 Å². The molecule has 9 heavy (non-hydrogen) atoms. The smallest absolute Gasteiger partial charge is 0.169 e. The zero-order valence-corrected chi connectivity index (χ0v) is 7.05. The Kier molecular flexibility index (Phi) is 1.96. The number of rotatable bonds is 0. The second-order valence-electron chi connectivity index (χ2n) is 2.52. The van der Waals surface area contributed by atoms with Gasteiger partial charge in [-0.1, -0.05) is 28.7 Å². The summed E-state index contributed by atoms with van der Waals surface area (Å²) in [5.41, 5.74) is 0. The van der Waals surface area contributed by atoms with Crippen molar-refractivity contribution in [2.45, 2.75) is 18.6 Å². The molecule has 0 aliphatic carbocycles. The van der Waals surface area contributed by atoms with Crippen molar-refractivity contribution in [3.63, 3.8) is 0 Å². The summed E-state index contributed by atoms with van der Waals surface area (Å²) in [5.74, 6) is 1.04. The fraction of sp³-hybridized carbons (Fsp3) is 0.800. The normalized spacial score (nSPS) is 29.3. The molecule has 0 spiro atoms. The Labute approximate surface area is 63.1 Å². The van der Waals surface area contributed by atoms with Crippen LogP contribution in [-0.2, 0) is 0 Å². The molecule has 0 atom stereocenters. The lowest BCUT2D eigenvalue weighted by Gasteiger charge is -2.10. The Morgan fingerprint density at radius 1 is 1.67 bits per heavy atom. The molecule has 0 aromatic carbocycles. The van der Waals surface area contributed by atoms with Crippen LogP contribution in [0.2, 0.25) is 0 Å². The molecular formula is C5H9NOS2. The Hall–Kier alpha value is 0.170. The maximum absolute atomic E-state index is 8.34. The molecule has 0 aromatic heterocycles. The summed E-state index contributed by atoms with van der Waals surface area (Å²) in [6.07, 6.45) is 0. The third-order valence-corrected chi connectivity index (χ3v) is 3.92. The average molecular weight is 163 g/mol. The first-order chi connectivity index (χ1) is 4.14. The molecule has 1 rings (SSSR count). The third-order valence-electron chi connectivity index (χ3n) is 0.988. The minimum Gasteiger partial charge on any atom is -0.410 e. The molecule has 1 fully saturated rings. The van der Waals surface area contributed by atoms with Gasteiger partial charge >= 0.3 is 0 Å². The van der Waals surface area contributed by atoms with Gasteiger partial charge in [0.2, 0.25) is 0 Å². The minimum atomic E-state index is 0.256. The Bertz CT molecular complexity index is 144. The third kappa shape index (κ3) is 1.79. The molecule has 1 N–H and O–H groups in total. The highest BCUT2D eigenvalue weighted by atomic mass is 32.2. The van der Waals surface area contributed by atoms with Gasteiger partial charge in [-0.05, 0) is 13.8 Å². The van der Waals surface area contributed by atoms with Gasteiger partial charge in [-0.3, -0.25) is 0 Å². The van der Waals surface area contributed by atoms with Crippen LogP contribution < -0.4 is 0 Å². The highest BCUT2D eigenvalue weighted by Gasteiger charge is 2.29. The van der Waals surface area contributed by atoms with Gasteiger partial charge in [0, 0.05) is 10.5 Å². The molecule has 0 unspecified atom stereocenters. The van der Waals surface area contributed by atoms with Crippen LogP contribution >= 0.6 is 23.5 Å². The Balaban J connectivity index is 2.57. The van der Waals surface area contributed by atoms with Gasteiger partial charge in [-0.15, -0.1) is 0 Å². The lowest BCUT2D eigenvalue weighted by Crippen LogP contribution is -2.12. The second-order valence-corrected chi connectivity index (χ2v) is 5.43. The van der Waals surface area contributed by atoms with Crippen molar-refractivity contribution in [3.8, 4) is 0 Å². The highest BCUT2D eigenvalue weighted by Crippen LogP contribution is 2.40.